The van der Waals surface area contributed by atoms with Crippen LogP contribution in [0.5, 0.6) is 0 Å². The number of nitrogens with one attached hydrogen (secondary N) is 2. The molecule has 1 aliphatic heterocycles. The molecule has 0 aliphatic carbocycles. The maximum absolute atomic E-state index is 11.9. The van der Waals surface area contributed by atoms with Crippen LogP contribution in [-0.2, 0) is 16.0 Å². The Balaban J connectivity index is 1.78. The van der Waals surface area contributed by atoms with Gasteiger partial charge in [0, 0.05) is 6.54 Å². The first-order valence-corrected chi connectivity index (χ1v) is 9.18. The van der Waals surface area contributed by atoms with E-state index in [1.54, 1.807) is 0 Å². The number of amides is 2. The van der Waals surface area contributed by atoms with Crippen LogP contribution in [0.25, 0.3) is 0 Å². The van der Waals surface area contributed by atoms with Gasteiger partial charge in [0.25, 0.3) is 5.91 Å². The first kappa shape index (κ1) is 18.4. The Morgan fingerprint density at radius 1 is 1.38 bits per heavy atom. The third kappa shape index (κ3) is 4.77. The van der Waals surface area contributed by atoms with Gasteiger partial charge in [-0.2, -0.15) is 0 Å². The molecular weight excluding hydrogens is 324 g/mol. The Morgan fingerprint density at radius 3 is 2.75 bits per heavy atom. The second-order valence-corrected chi connectivity index (χ2v) is 6.91. The molecule has 0 bridgehead atoms. The van der Waals surface area contributed by atoms with E-state index in [1.165, 1.54) is 0 Å². The fourth-order valence-electron chi connectivity index (χ4n) is 2.50. The first-order chi connectivity index (χ1) is 11.5. The van der Waals surface area contributed by atoms with Gasteiger partial charge in [-0.25, -0.2) is 0 Å². The summed E-state index contributed by atoms with van der Waals surface area (Å²) in [7, 11) is 0. The van der Waals surface area contributed by atoms with Crippen LogP contribution >= 0.6 is 11.8 Å². The van der Waals surface area contributed by atoms with Crippen LogP contribution in [0.4, 0.5) is 0 Å². The molecule has 0 spiro atoms. The molecule has 0 saturated heterocycles. The van der Waals surface area contributed by atoms with Crippen LogP contribution in [0.1, 0.15) is 25.8 Å². The van der Waals surface area contributed by atoms with Gasteiger partial charge in [-0.05, 0) is 17.9 Å². The van der Waals surface area contributed by atoms with E-state index in [4.69, 9.17) is 0 Å². The summed E-state index contributed by atoms with van der Waals surface area (Å²) in [5, 5.41) is 15.8. The zero-order chi connectivity index (χ0) is 17.5. The molecule has 2 unspecified atom stereocenters. The summed E-state index contributed by atoms with van der Waals surface area (Å²) in [5.74, 6) is -0.0893. The van der Waals surface area contributed by atoms with E-state index in [0.29, 0.717) is 6.54 Å². The van der Waals surface area contributed by atoms with Crippen LogP contribution in [-0.4, -0.2) is 35.3 Å². The predicted octanol–water partition coefficient (Wildman–Crippen LogP) is 2.39. The molecule has 6 heteroatoms. The molecule has 2 amide bonds. The van der Waals surface area contributed by atoms with Gasteiger partial charge in [-0.1, -0.05) is 50.6 Å². The number of carbonyl (C=O) groups excluding carboxylic acids is 2. The number of aliphatic hydroxyl groups is 1. The van der Waals surface area contributed by atoms with Crippen LogP contribution in [0.15, 0.2) is 41.0 Å². The quantitative estimate of drug-likeness (QED) is 0.674. The average molecular weight is 348 g/mol. The summed E-state index contributed by atoms with van der Waals surface area (Å²) >= 11 is 1.09. The molecule has 0 radical (unpaired) electrons. The van der Waals surface area contributed by atoms with Crippen molar-refractivity contribution in [2.24, 2.45) is 5.92 Å². The number of thioether (sulfide) groups is 1. The van der Waals surface area contributed by atoms with Crippen molar-refractivity contribution in [3.05, 3.63) is 46.6 Å². The summed E-state index contributed by atoms with van der Waals surface area (Å²) < 4.78 is 0. The number of carbonyl (C=O) groups is 2. The second kappa shape index (κ2) is 8.78. The van der Waals surface area contributed by atoms with E-state index >= 15 is 0 Å². The maximum Gasteiger partial charge on any atom is 0.261 e. The molecule has 2 rings (SSSR count). The zero-order valence-corrected chi connectivity index (χ0v) is 14.9. The molecule has 1 heterocycles. The molecule has 2 atom stereocenters. The van der Waals surface area contributed by atoms with Crippen molar-refractivity contribution in [2.45, 2.75) is 32.7 Å². The monoisotopic (exact) mass is 348 g/mol. The molecule has 0 saturated carbocycles. The molecule has 0 fully saturated rings. The number of benzene rings is 1. The molecule has 1 aromatic rings. The Kier molecular flexibility index (Phi) is 6.73. The van der Waals surface area contributed by atoms with Crippen molar-refractivity contribution in [3.8, 4) is 0 Å². The molecule has 1 aromatic carbocycles. The van der Waals surface area contributed by atoms with E-state index in [0.717, 1.165) is 30.2 Å². The van der Waals surface area contributed by atoms with Gasteiger partial charge in [-0.15, -0.1) is 11.8 Å². The van der Waals surface area contributed by atoms with Crippen LogP contribution in [0.2, 0.25) is 0 Å². The van der Waals surface area contributed by atoms with Gasteiger partial charge in [0.05, 0.1) is 11.8 Å². The van der Waals surface area contributed by atoms with Gasteiger partial charge in [0.1, 0.15) is 10.7 Å². The maximum atomic E-state index is 11.9. The van der Waals surface area contributed by atoms with Crippen molar-refractivity contribution in [2.75, 3.05) is 12.3 Å². The minimum Gasteiger partial charge on any atom is -0.509 e. The lowest BCUT2D eigenvalue weighted by molar-refractivity contribution is -0.118. The summed E-state index contributed by atoms with van der Waals surface area (Å²) in [4.78, 5) is 24.1. The SMILES string of the molecule is CCC(C)C1NC(=O)C(SCC(=O)NCCc2ccccc2)=C1O. The Hall–Kier alpha value is -1.95. The van der Waals surface area contributed by atoms with Crippen molar-refractivity contribution >= 4 is 23.6 Å². The third-order valence-electron chi connectivity index (χ3n) is 4.16. The molecule has 3 N–H and O–H groups in total. The number of hydrogen-bond donors (Lipinski definition) is 3. The molecule has 24 heavy (non-hydrogen) atoms. The molecule has 1 aliphatic rings. The Morgan fingerprint density at radius 2 is 2.08 bits per heavy atom. The second-order valence-electron chi connectivity index (χ2n) is 5.93. The summed E-state index contributed by atoms with van der Waals surface area (Å²) in [5.41, 5.74) is 1.16. The van der Waals surface area contributed by atoms with Gasteiger partial charge in [0.15, 0.2) is 0 Å². The highest BCUT2D eigenvalue weighted by molar-refractivity contribution is 8.04. The summed E-state index contributed by atoms with van der Waals surface area (Å²) in [6.45, 7) is 4.54. The van der Waals surface area contributed by atoms with E-state index in [-0.39, 0.29) is 40.2 Å². The predicted molar refractivity (Wildman–Crippen MR) is 96.7 cm³/mol. The van der Waals surface area contributed by atoms with Gasteiger partial charge in [-0.3, -0.25) is 9.59 Å². The van der Waals surface area contributed by atoms with E-state index < -0.39 is 0 Å². The van der Waals surface area contributed by atoms with Crippen molar-refractivity contribution in [3.63, 3.8) is 0 Å². The van der Waals surface area contributed by atoms with Crippen molar-refractivity contribution in [1.82, 2.24) is 10.6 Å². The van der Waals surface area contributed by atoms with E-state index in [2.05, 4.69) is 10.6 Å². The summed E-state index contributed by atoms with van der Waals surface area (Å²) in [6, 6.07) is 9.58. The smallest absolute Gasteiger partial charge is 0.261 e. The topological polar surface area (TPSA) is 78.4 Å². The van der Waals surface area contributed by atoms with Crippen molar-refractivity contribution in [1.29, 1.82) is 0 Å². The zero-order valence-electron chi connectivity index (χ0n) is 14.0. The Bertz CT molecular complexity index is 616. The molecule has 0 aromatic heterocycles. The van der Waals surface area contributed by atoms with E-state index in [1.807, 2.05) is 44.2 Å². The lowest BCUT2D eigenvalue weighted by Gasteiger charge is -2.17. The number of aliphatic hydroxyl groups excluding tert-OH is 1. The van der Waals surface area contributed by atoms with Gasteiger partial charge < -0.3 is 15.7 Å². The highest BCUT2D eigenvalue weighted by Gasteiger charge is 2.34. The van der Waals surface area contributed by atoms with Gasteiger partial charge in [0.2, 0.25) is 5.91 Å². The lowest BCUT2D eigenvalue weighted by atomic mass is 9.99. The normalized spacial score (nSPS) is 18.4. The molecular formula is C18H24N2O3S. The molecule has 130 valence electrons. The highest BCUT2D eigenvalue weighted by Crippen LogP contribution is 2.29. The van der Waals surface area contributed by atoms with E-state index in [9.17, 15) is 14.7 Å². The van der Waals surface area contributed by atoms with Crippen LogP contribution < -0.4 is 10.6 Å². The number of rotatable bonds is 8. The minimum atomic E-state index is -0.342. The number of hydrogen-bond acceptors (Lipinski definition) is 4. The van der Waals surface area contributed by atoms with Gasteiger partial charge >= 0.3 is 0 Å². The third-order valence-corrected chi connectivity index (χ3v) is 5.25. The first-order valence-electron chi connectivity index (χ1n) is 8.20. The Labute approximate surface area is 146 Å². The fraction of sp³-hybridized carbons (Fsp3) is 0.444. The average Bonchev–Trinajstić information content (AvgIpc) is 2.87. The van der Waals surface area contributed by atoms with Crippen LogP contribution in [0.3, 0.4) is 0 Å². The highest BCUT2D eigenvalue weighted by atomic mass is 32.2. The standard InChI is InChI=1S/C18H24N2O3S/c1-3-12(2)15-16(22)17(18(23)20-15)24-11-14(21)19-10-9-13-7-5-4-6-8-13/h4-8,12,15,22H,3,9-11H2,1-2H3,(H,19,21)(H,20,23). The minimum absolute atomic E-state index is 0.0661. The fourth-order valence-corrected chi connectivity index (χ4v) is 3.34. The largest absolute Gasteiger partial charge is 0.509 e. The van der Waals surface area contributed by atoms with Crippen molar-refractivity contribution < 1.29 is 14.7 Å². The molecule has 5 nitrogen and oxygen atoms in total. The summed E-state index contributed by atoms with van der Waals surface area (Å²) in [6.07, 6.45) is 1.62. The lowest BCUT2D eigenvalue weighted by Crippen LogP contribution is -2.34. The van der Waals surface area contributed by atoms with Crippen LogP contribution in [0, 0.1) is 5.92 Å².